The summed E-state index contributed by atoms with van der Waals surface area (Å²) in [4.78, 5) is 11.4. The number of nitrogens with one attached hydrogen (secondary N) is 1. The van der Waals surface area contributed by atoms with E-state index in [1.165, 1.54) is 25.0 Å². The molecule has 7 nitrogen and oxygen atoms in total. The summed E-state index contributed by atoms with van der Waals surface area (Å²) in [5.41, 5.74) is 1.38. The number of rotatable bonds is 2. The van der Waals surface area contributed by atoms with Crippen molar-refractivity contribution in [2.24, 2.45) is 7.05 Å². The second kappa shape index (κ2) is 5.77. The quantitative estimate of drug-likeness (QED) is 0.702. The molecule has 9 heteroatoms. The van der Waals surface area contributed by atoms with Crippen molar-refractivity contribution >= 4 is 28.6 Å². The molecule has 0 radical (unpaired) electrons. The van der Waals surface area contributed by atoms with Crippen molar-refractivity contribution in [1.82, 2.24) is 25.1 Å². The predicted octanol–water partition coefficient (Wildman–Crippen LogP) is 2.47. The van der Waals surface area contributed by atoms with Crippen LogP contribution in [0.3, 0.4) is 0 Å². The van der Waals surface area contributed by atoms with Gasteiger partial charge in [0.1, 0.15) is 5.69 Å². The molecule has 1 aliphatic heterocycles. The van der Waals surface area contributed by atoms with Crippen LogP contribution in [0, 0.1) is 5.82 Å². The molecule has 0 bridgehead atoms. The monoisotopic (exact) mass is 388 g/mol. The Morgan fingerprint density at radius 2 is 2.15 bits per heavy atom. The first kappa shape index (κ1) is 16.7. The summed E-state index contributed by atoms with van der Waals surface area (Å²) in [5, 5.41) is 18.4. The summed E-state index contributed by atoms with van der Waals surface area (Å²) in [6, 6.07) is 2.95. The summed E-state index contributed by atoms with van der Waals surface area (Å²) in [5.74, 6) is -0.727. The van der Waals surface area contributed by atoms with Crippen LogP contribution >= 0.6 is 11.6 Å². The molecule has 140 valence electrons. The van der Waals surface area contributed by atoms with E-state index >= 15 is 0 Å². The maximum absolute atomic E-state index is 14.5. The molecule has 1 saturated carbocycles. The SMILES string of the molecule is Cn1nc(-c2ccc(Cl)c(O)c2F)c2cnc(N3CCNC4(CC4)C3)nc21. The number of hydrogen-bond donors (Lipinski definition) is 2. The molecule has 2 N–H and O–H groups in total. The average molecular weight is 389 g/mol. The van der Waals surface area contributed by atoms with Gasteiger partial charge in [0.05, 0.1) is 10.4 Å². The van der Waals surface area contributed by atoms with Gasteiger partial charge in [0, 0.05) is 44.0 Å². The number of piperazine rings is 1. The zero-order valence-corrected chi connectivity index (χ0v) is 15.5. The molecule has 1 aliphatic carbocycles. The lowest BCUT2D eigenvalue weighted by molar-refractivity contribution is 0.434. The van der Waals surface area contributed by atoms with Gasteiger partial charge in [-0.2, -0.15) is 10.1 Å². The fourth-order valence-electron chi connectivity index (χ4n) is 3.72. The van der Waals surface area contributed by atoms with Gasteiger partial charge in [0.15, 0.2) is 17.2 Å². The van der Waals surface area contributed by atoms with Gasteiger partial charge >= 0.3 is 0 Å². The van der Waals surface area contributed by atoms with E-state index in [9.17, 15) is 9.50 Å². The molecule has 2 aliphatic rings. The van der Waals surface area contributed by atoms with Gasteiger partial charge in [-0.05, 0) is 25.0 Å². The molecule has 27 heavy (non-hydrogen) atoms. The van der Waals surface area contributed by atoms with Crippen molar-refractivity contribution in [2.45, 2.75) is 18.4 Å². The first-order valence-corrected chi connectivity index (χ1v) is 9.22. The van der Waals surface area contributed by atoms with E-state index in [1.807, 2.05) is 0 Å². The number of phenolic OH excluding ortho intramolecular Hbond substituents is 1. The first-order valence-electron chi connectivity index (χ1n) is 8.84. The molecular weight excluding hydrogens is 371 g/mol. The summed E-state index contributed by atoms with van der Waals surface area (Å²) >= 11 is 5.78. The normalized spacial score (nSPS) is 18.4. The van der Waals surface area contributed by atoms with E-state index in [1.54, 1.807) is 17.9 Å². The van der Waals surface area contributed by atoms with Crippen LogP contribution in [0.25, 0.3) is 22.3 Å². The number of aryl methyl sites for hydroxylation is 1. The van der Waals surface area contributed by atoms with Crippen LogP contribution in [0.4, 0.5) is 10.3 Å². The van der Waals surface area contributed by atoms with Crippen molar-refractivity contribution in [1.29, 1.82) is 0 Å². The Bertz CT molecular complexity index is 1060. The highest BCUT2D eigenvalue weighted by Gasteiger charge is 2.46. The topological polar surface area (TPSA) is 79.1 Å². The highest BCUT2D eigenvalue weighted by atomic mass is 35.5. The minimum absolute atomic E-state index is 0.0391. The summed E-state index contributed by atoms with van der Waals surface area (Å²) in [6.45, 7) is 2.65. The number of anilines is 1. The van der Waals surface area contributed by atoms with Gasteiger partial charge in [-0.1, -0.05) is 11.6 Å². The van der Waals surface area contributed by atoms with E-state index in [0.29, 0.717) is 22.7 Å². The van der Waals surface area contributed by atoms with Gasteiger partial charge in [-0.3, -0.25) is 0 Å². The fourth-order valence-corrected chi connectivity index (χ4v) is 3.86. The summed E-state index contributed by atoms with van der Waals surface area (Å²) < 4.78 is 16.1. The van der Waals surface area contributed by atoms with E-state index in [0.717, 1.165) is 19.6 Å². The molecule has 0 atom stereocenters. The second-order valence-corrected chi connectivity index (χ2v) is 7.67. The van der Waals surface area contributed by atoms with E-state index < -0.39 is 11.6 Å². The number of halogens is 2. The Hall–Kier alpha value is -2.45. The predicted molar refractivity (Wildman–Crippen MR) is 101 cm³/mol. The zero-order valence-electron chi connectivity index (χ0n) is 14.7. The van der Waals surface area contributed by atoms with Crippen LogP contribution in [0.15, 0.2) is 18.3 Å². The van der Waals surface area contributed by atoms with Gasteiger partial charge < -0.3 is 15.3 Å². The summed E-state index contributed by atoms with van der Waals surface area (Å²) in [7, 11) is 1.76. The third kappa shape index (κ3) is 2.62. The molecular formula is C18H18ClFN6O. The van der Waals surface area contributed by atoms with Crippen LogP contribution in [-0.4, -0.2) is 50.0 Å². The van der Waals surface area contributed by atoms with Crippen molar-refractivity contribution in [2.75, 3.05) is 24.5 Å². The molecule has 1 aromatic carbocycles. The van der Waals surface area contributed by atoms with Gasteiger partial charge in [0.2, 0.25) is 5.95 Å². The van der Waals surface area contributed by atoms with Crippen molar-refractivity contribution < 1.29 is 9.50 Å². The minimum Gasteiger partial charge on any atom is -0.504 e. The van der Waals surface area contributed by atoms with Crippen molar-refractivity contribution in [3.05, 3.63) is 29.2 Å². The highest BCUT2D eigenvalue weighted by Crippen LogP contribution is 2.39. The number of nitrogens with zero attached hydrogens (tertiary/aromatic N) is 5. The van der Waals surface area contributed by atoms with Crippen molar-refractivity contribution in [3.8, 4) is 17.0 Å². The lowest BCUT2D eigenvalue weighted by Crippen LogP contribution is -2.53. The summed E-state index contributed by atoms with van der Waals surface area (Å²) in [6.07, 6.45) is 4.04. The average Bonchev–Trinajstić information content (AvgIpc) is 3.33. The van der Waals surface area contributed by atoms with Crippen LogP contribution < -0.4 is 10.2 Å². The van der Waals surface area contributed by atoms with Crippen LogP contribution in [0.5, 0.6) is 5.75 Å². The van der Waals surface area contributed by atoms with Gasteiger partial charge in [-0.15, -0.1) is 0 Å². The minimum atomic E-state index is -0.802. The standard InChI is InChI=1S/C18H18ClFN6O/c1-25-16-11(14(24-25)10-2-3-12(19)15(27)13(10)20)8-21-17(23-16)26-7-6-22-18(9-26)4-5-18/h2-3,8,22,27H,4-7,9H2,1H3. The van der Waals surface area contributed by atoms with E-state index in [2.05, 4.69) is 25.3 Å². The van der Waals surface area contributed by atoms with Crippen LogP contribution in [0.1, 0.15) is 12.8 Å². The molecule has 1 spiro atoms. The Morgan fingerprint density at radius 1 is 1.33 bits per heavy atom. The number of benzene rings is 1. The van der Waals surface area contributed by atoms with E-state index in [4.69, 9.17) is 11.6 Å². The van der Waals surface area contributed by atoms with Gasteiger partial charge in [0.25, 0.3) is 0 Å². The molecule has 2 fully saturated rings. The maximum Gasteiger partial charge on any atom is 0.227 e. The largest absolute Gasteiger partial charge is 0.504 e. The number of aromatic nitrogens is 4. The lowest BCUT2D eigenvalue weighted by Gasteiger charge is -2.33. The Balaban J connectivity index is 1.58. The Kier molecular flexibility index (Phi) is 3.57. The molecule has 1 saturated heterocycles. The molecule has 0 amide bonds. The van der Waals surface area contributed by atoms with Gasteiger partial charge in [-0.25, -0.2) is 14.1 Å². The Labute approximate surface area is 159 Å². The van der Waals surface area contributed by atoms with Crippen LogP contribution in [-0.2, 0) is 7.05 Å². The fraction of sp³-hybridized carbons (Fsp3) is 0.389. The number of fused-ring (bicyclic) bond motifs is 1. The molecule has 3 aromatic rings. The van der Waals surface area contributed by atoms with Crippen molar-refractivity contribution in [3.63, 3.8) is 0 Å². The number of aromatic hydroxyl groups is 1. The molecule has 3 heterocycles. The van der Waals surface area contributed by atoms with E-state index in [-0.39, 0.29) is 16.1 Å². The van der Waals surface area contributed by atoms with Crippen LogP contribution in [0.2, 0.25) is 5.02 Å². The second-order valence-electron chi connectivity index (χ2n) is 7.27. The molecule has 0 unspecified atom stereocenters. The highest BCUT2D eigenvalue weighted by molar-refractivity contribution is 6.32. The number of phenols is 1. The zero-order chi connectivity index (χ0) is 18.8. The number of hydrogen-bond acceptors (Lipinski definition) is 6. The third-order valence-electron chi connectivity index (χ3n) is 5.40. The smallest absolute Gasteiger partial charge is 0.227 e. The maximum atomic E-state index is 14.5. The first-order chi connectivity index (χ1) is 13.0. The molecule has 2 aromatic heterocycles. The Morgan fingerprint density at radius 3 is 2.93 bits per heavy atom. The lowest BCUT2D eigenvalue weighted by atomic mass is 10.1. The third-order valence-corrected chi connectivity index (χ3v) is 5.71. The molecule has 5 rings (SSSR count).